The fourth-order valence-corrected chi connectivity index (χ4v) is 3.25. The van der Waals surface area contributed by atoms with E-state index in [1.165, 1.54) is 84.9 Å². The number of hydrogen-bond acceptors (Lipinski definition) is 10. The Bertz CT molecular complexity index is 1600. The monoisotopic (exact) mass is 919 g/mol. The molecule has 8 N–H and O–H groups in total. The molecule has 0 spiro atoms. The molecule has 5 rings (SSSR count). The average Bonchev–Trinajstić information content (AvgIpc) is 3.06. The van der Waals surface area contributed by atoms with Gasteiger partial charge in [0.2, 0.25) is 0 Å². The minimum absolute atomic E-state index is 0. The number of hydrogen-bond donors (Lipinski definition) is 8. The van der Waals surface area contributed by atoms with Crippen LogP contribution in [-0.4, -0.2) is 70.7 Å². The molecule has 0 aromatic heterocycles. The maximum atomic E-state index is 10.7. The Kier molecular flexibility index (Phi) is 20.1. The first-order valence-corrected chi connectivity index (χ1v) is 13.6. The van der Waals surface area contributed by atoms with Crippen molar-refractivity contribution in [2.45, 2.75) is 0 Å². The van der Waals surface area contributed by atoms with Crippen molar-refractivity contribution in [1.29, 1.82) is 0 Å². The van der Waals surface area contributed by atoms with Crippen molar-refractivity contribution in [3.05, 3.63) is 149 Å². The molecule has 0 heterocycles. The summed E-state index contributed by atoms with van der Waals surface area (Å²) in [6.45, 7) is 0. The molecular weight excluding hydrogens is 891 g/mol. The van der Waals surface area contributed by atoms with Crippen LogP contribution in [0, 0.1) is 32.3 Å². The Morgan fingerprint density at radius 3 is 0.647 bits per heavy atom. The number of carbonyl (C=O) groups is 5. The van der Waals surface area contributed by atoms with Crippen LogP contribution in [-0.2, 0) is 0 Å². The normalized spacial score (nSPS) is 9.02. The van der Waals surface area contributed by atoms with Gasteiger partial charge < -0.3 is 51.1 Å². The van der Waals surface area contributed by atoms with Gasteiger partial charge in [-0.25, -0.2) is 24.0 Å². The standard InChI is InChI=1S/5C7H6O3.Pa/c5*8-6-4-2-1-3-5(6)7(9)10;/h5*1-4,8H,(H,9,10);/p-2. The zero-order chi connectivity index (χ0) is 37.8. The van der Waals surface area contributed by atoms with E-state index in [0.29, 0.717) is 0 Å². The predicted molar refractivity (Wildman–Crippen MR) is 171 cm³/mol. The molecule has 0 amide bonds. The molecule has 15 nitrogen and oxygen atoms in total. The molecule has 5 aromatic rings. The molecule has 263 valence electrons. The van der Waals surface area contributed by atoms with Crippen LogP contribution in [0.5, 0.6) is 28.7 Å². The smallest absolute Gasteiger partial charge is 0.339 e. The van der Waals surface area contributed by atoms with Gasteiger partial charge in [0.25, 0.3) is 0 Å². The third-order valence-electron chi connectivity index (χ3n) is 5.64. The Hall–Kier alpha value is -6.46. The van der Waals surface area contributed by atoms with Gasteiger partial charge in [-0.1, -0.05) is 84.3 Å². The van der Waals surface area contributed by atoms with Crippen molar-refractivity contribution in [1.82, 2.24) is 0 Å². The predicted octanol–water partition coefficient (Wildman–Crippen LogP) is 4.19. The molecule has 0 aliphatic rings. The molecule has 0 saturated heterocycles. The van der Waals surface area contributed by atoms with Gasteiger partial charge in [0.05, 0.1) is 11.1 Å². The fraction of sp³-hybridized carbons (Fsp3) is 0. The fourth-order valence-electron chi connectivity index (χ4n) is 3.25. The molecule has 51 heavy (non-hydrogen) atoms. The molecule has 0 unspecified atom stereocenters. The first-order chi connectivity index (χ1) is 23.6. The van der Waals surface area contributed by atoms with E-state index in [1.54, 1.807) is 36.4 Å². The molecule has 0 bridgehead atoms. The van der Waals surface area contributed by atoms with Crippen LogP contribution in [0.3, 0.4) is 0 Å². The van der Waals surface area contributed by atoms with E-state index in [-0.39, 0.29) is 77.4 Å². The zero-order valence-electron chi connectivity index (χ0n) is 26.1. The molecule has 0 aliphatic carbocycles. The van der Waals surface area contributed by atoms with Gasteiger partial charge in [-0.05, 0) is 48.5 Å². The number of aromatic carboxylic acids is 5. The summed E-state index contributed by atoms with van der Waals surface area (Å²) in [7, 11) is 0. The third-order valence-corrected chi connectivity index (χ3v) is 5.64. The van der Waals surface area contributed by atoms with E-state index < -0.39 is 41.3 Å². The molecule has 0 atom stereocenters. The van der Waals surface area contributed by atoms with Crippen molar-refractivity contribution in [2.24, 2.45) is 0 Å². The van der Waals surface area contributed by atoms with E-state index >= 15 is 0 Å². The van der Waals surface area contributed by atoms with Crippen LogP contribution < -0.4 is 10.2 Å². The topological polar surface area (TPSA) is 293 Å². The van der Waals surface area contributed by atoms with Gasteiger partial charge in [0.15, 0.2) is 0 Å². The summed E-state index contributed by atoms with van der Waals surface area (Å²) in [5, 5.41) is 90.0. The summed E-state index contributed by atoms with van der Waals surface area (Å²) in [6.07, 6.45) is 0. The Morgan fingerprint density at radius 2 is 0.510 bits per heavy atom. The van der Waals surface area contributed by atoms with Crippen molar-refractivity contribution >= 4 is 29.8 Å². The van der Waals surface area contributed by atoms with Gasteiger partial charge >= 0.3 is 29.8 Å². The van der Waals surface area contributed by atoms with Crippen LogP contribution >= 0.6 is 0 Å². The van der Waals surface area contributed by atoms with Crippen molar-refractivity contribution < 1.29 is 107 Å². The maximum Gasteiger partial charge on any atom is 0.339 e. The van der Waals surface area contributed by atoms with Crippen LogP contribution in [0.4, 0.5) is 0 Å². The van der Waals surface area contributed by atoms with Crippen molar-refractivity contribution in [2.75, 3.05) is 0 Å². The number of phenols is 3. The second-order valence-corrected chi connectivity index (χ2v) is 9.07. The summed E-state index contributed by atoms with van der Waals surface area (Å²) in [5.74, 6) is -7.18. The van der Waals surface area contributed by atoms with Gasteiger partial charge in [-0.2, -0.15) is 0 Å². The largest absolute Gasteiger partial charge is 0.872 e. The number of carboxylic acid groups (broad SMARTS) is 5. The van der Waals surface area contributed by atoms with Crippen LogP contribution in [0.1, 0.15) is 51.8 Å². The Balaban J connectivity index is 0.000000610. The number of benzene rings is 5. The minimum atomic E-state index is -1.18. The summed E-state index contributed by atoms with van der Waals surface area (Å²) in [5.41, 5.74) is -0.558. The SMILES string of the molecule is O=C(O)c1ccccc1O.O=C(O)c1ccccc1O.O=C(O)c1ccccc1O.O=C(O)c1ccccc1[O-].O=C(O)c1ccccc1[O-].[Pa]. The van der Waals surface area contributed by atoms with Gasteiger partial charge in [-0.15, -0.1) is 0 Å². The van der Waals surface area contributed by atoms with Crippen LogP contribution in [0.25, 0.3) is 0 Å². The first kappa shape index (κ1) is 44.5. The van der Waals surface area contributed by atoms with Crippen molar-refractivity contribution in [3.8, 4) is 28.7 Å². The van der Waals surface area contributed by atoms with Crippen LogP contribution in [0.15, 0.2) is 121 Å². The molecule has 5 aromatic carbocycles. The Labute approximate surface area is 313 Å². The van der Waals surface area contributed by atoms with Gasteiger partial charge in [0.1, 0.15) is 33.9 Å². The summed E-state index contributed by atoms with van der Waals surface area (Å²) in [4.78, 5) is 51.2. The zero-order valence-corrected chi connectivity index (χ0v) is 30.9. The van der Waals surface area contributed by atoms with Gasteiger partial charge in [-0.3, -0.25) is 0 Å². The first-order valence-electron chi connectivity index (χ1n) is 13.6. The van der Waals surface area contributed by atoms with E-state index in [4.69, 9.17) is 40.9 Å². The maximum absolute atomic E-state index is 10.7. The van der Waals surface area contributed by atoms with E-state index in [9.17, 15) is 34.2 Å². The molecule has 1 radical (unpaired) electrons. The molecule has 0 saturated carbocycles. The van der Waals surface area contributed by atoms with Crippen molar-refractivity contribution in [3.63, 3.8) is 0 Å². The molecule has 16 heteroatoms. The van der Waals surface area contributed by atoms with Gasteiger partial charge in [0, 0.05) is 32.3 Å². The number of aromatic hydroxyl groups is 3. The summed E-state index contributed by atoms with van der Waals surface area (Å²) in [6, 6.07) is 28.5. The molecule has 0 fully saturated rings. The minimum Gasteiger partial charge on any atom is -0.872 e. The average molecular weight is 920 g/mol. The molecule has 0 aliphatic heterocycles. The third kappa shape index (κ3) is 16.0. The second kappa shape index (κ2) is 23.0. The number of rotatable bonds is 5. The van der Waals surface area contributed by atoms with Crippen LogP contribution in [0.2, 0.25) is 0 Å². The summed E-state index contributed by atoms with van der Waals surface area (Å²) < 4.78 is 0. The number of para-hydroxylation sites is 5. The number of carboxylic acids is 5. The van der Waals surface area contributed by atoms with E-state index in [1.807, 2.05) is 0 Å². The summed E-state index contributed by atoms with van der Waals surface area (Å²) >= 11 is 0. The molecular formula is C35H28O15Pa-2. The Morgan fingerprint density at radius 1 is 0.333 bits per heavy atom. The van der Waals surface area contributed by atoms with E-state index in [0.717, 1.165) is 0 Å². The second-order valence-electron chi connectivity index (χ2n) is 9.07. The quantitative estimate of drug-likeness (QED) is 0.123. The van der Waals surface area contributed by atoms with E-state index in [2.05, 4.69) is 0 Å².